The molecule has 1 aromatic heterocycles. The van der Waals surface area contributed by atoms with Crippen molar-refractivity contribution < 1.29 is 0 Å². The second-order valence-corrected chi connectivity index (χ2v) is 7.11. The van der Waals surface area contributed by atoms with Gasteiger partial charge in [-0.3, -0.25) is 9.13 Å². The lowest BCUT2D eigenvalue weighted by Crippen LogP contribution is -2.19. The molecule has 1 saturated carbocycles. The minimum absolute atomic E-state index is 0.0394. The van der Waals surface area contributed by atoms with Gasteiger partial charge in [-0.25, -0.2) is 4.79 Å². The fourth-order valence-electron chi connectivity index (χ4n) is 3.55. The van der Waals surface area contributed by atoms with E-state index in [1.54, 1.807) is 9.13 Å². The number of hydrogen-bond acceptors (Lipinski definition) is 1. The van der Waals surface area contributed by atoms with Crippen LogP contribution < -0.4 is 5.69 Å². The molecule has 1 fully saturated rings. The van der Waals surface area contributed by atoms with Crippen molar-refractivity contribution in [3.63, 3.8) is 0 Å². The molecular formula is C16H21BrN2O. The van der Waals surface area contributed by atoms with Crippen LogP contribution in [0.2, 0.25) is 0 Å². The van der Waals surface area contributed by atoms with Gasteiger partial charge in [0.1, 0.15) is 0 Å². The first-order valence-corrected chi connectivity index (χ1v) is 8.21. The molecule has 1 aliphatic carbocycles. The van der Waals surface area contributed by atoms with E-state index in [2.05, 4.69) is 41.1 Å². The summed E-state index contributed by atoms with van der Waals surface area (Å²) in [5.74, 6) is 1.47. The van der Waals surface area contributed by atoms with E-state index >= 15 is 0 Å². The molecule has 3 atom stereocenters. The molecule has 1 aliphatic rings. The maximum Gasteiger partial charge on any atom is 0.328 e. The van der Waals surface area contributed by atoms with Crippen LogP contribution in [0.25, 0.3) is 11.0 Å². The number of aromatic nitrogens is 2. The second-order valence-electron chi connectivity index (χ2n) is 6.12. The zero-order valence-electron chi connectivity index (χ0n) is 12.3. The first-order valence-electron chi connectivity index (χ1n) is 7.30. The Morgan fingerprint density at radius 1 is 1.20 bits per heavy atom. The number of nitrogens with zero attached hydrogens (tertiary/aromatic N) is 2. The van der Waals surface area contributed by atoms with Gasteiger partial charge in [0.15, 0.2) is 0 Å². The summed E-state index contributed by atoms with van der Waals surface area (Å²) in [7, 11) is 3.67. The SMILES string of the molecule is CC1CCCC1C(Br)c1ccc2c(c1)n(C)c(=O)n2C. The summed E-state index contributed by atoms with van der Waals surface area (Å²) in [5.41, 5.74) is 3.35. The number of imidazole rings is 1. The first-order chi connectivity index (χ1) is 9.50. The van der Waals surface area contributed by atoms with Gasteiger partial charge < -0.3 is 0 Å². The van der Waals surface area contributed by atoms with E-state index in [1.165, 1.54) is 24.8 Å². The highest BCUT2D eigenvalue weighted by atomic mass is 79.9. The lowest BCUT2D eigenvalue weighted by Gasteiger charge is -2.22. The van der Waals surface area contributed by atoms with Crippen LogP contribution in [0.1, 0.15) is 36.6 Å². The van der Waals surface area contributed by atoms with Crippen LogP contribution in [0.4, 0.5) is 0 Å². The lowest BCUT2D eigenvalue weighted by molar-refractivity contribution is 0.414. The summed E-state index contributed by atoms with van der Waals surface area (Å²) in [6.07, 6.45) is 3.96. The van der Waals surface area contributed by atoms with E-state index in [9.17, 15) is 4.79 Å². The Morgan fingerprint density at radius 3 is 2.55 bits per heavy atom. The molecule has 3 nitrogen and oxygen atoms in total. The molecule has 0 saturated heterocycles. The average Bonchev–Trinajstić information content (AvgIpc) is 2.97. The Hall–Kier alpha value is -1.03. The van der Waals surface area contributed by atoms with Crippen molar-refractivity contribution in [3.05, 3.63) is 34.2 Å². The average molecular weight is 337 g/mol. The third-order valence-corrected chi connectivity index (χ3v) is 6.13. The van der Waals surface area contributed by atoms with Crippen molar-refractivity contribution in [2.45, 2.75) is 31.0 Å². The largest absolute Gasteiger partial charge is 0.328 e. The standard InChI is InChI=1S/C16H21BrN2O/c1-10-5-4-6-12(10)15(17)11-7-8-13-14(9-11)19(3)16(20)18(13)2/h7-10,12,15H,4-6H2,1-3H3. The molecule has 0 radical (unpaired) electrons. The fraction of sp³-hybridized carbons (Fsp3) is 0.562. The van der Waals surface area contributed by atoms with Gasteiger partial charge in [0.05, 0.1) is 11.0 Å². The van der Waals surface area contributed by atoms with Gasteiger partial charge in [-0.05, 0) is 36.0 Å². The van der Waals surface area contributed by atoms with Crippen molar-refractivity contribution in [2.24, 2.45) is 25.9 Å². The number of benzene rings is 1. The van der Waals surface area contributed by atoms with E-state index in [0.717, 1.165) is 17.0 Å². The number of rotatable bonds is 2. The monoisotopic (exact) mass is 336 g/mol. The van der Waals surface area contributed by atoms with Crippen molar-refractivity contribution in [1.82, 2.24) is 9.13 Å². The Balaban J connectivity index is 2.05. The molecule has 0 aliphatic heterocycles. The minimum atomic E-state index is 0.0394. The number of halogens is 1. The quantitative estimate of drug-likeness (QED) is 0.767. The minimum Gasteiger partial charge on any atom is -0.295 e. The number of alkyl halides is 1. The predicted octanol–water partition coefficient (Wildman–Crippen LogP) is 3.75. The van der Waals surface area contributed by atoms with E-state index in [4.69, 9.17) is 0 Å². The van der Waals surface area contributed by atoms with Gasteiger partial charge in [-0.1, -0.05) is 41.8 Å². The molecular weight excluding hydrogens is 316 g/mol. The summed E-state index contributed by atoms with van der Waals surface area (Å²) in [6, 6.07) is 6.40. The van der Waals surface area contributed by atoms with Gasteiger partial charge >= 0.3 is 5.69 Å². The number of hydrogen-bond donors (Lipinski definition) is 0. The molecule has 0 bridgehead atoms. The van der Waals surface area contributed by atoms with Crippen LogP contribution in [-0.2, 0) is 14.1 Å². The number of fused-ring (bicyclic) bond motifs is 1. The molecule has 3 unspecified atom stereocenters. The maximum absolute atomic E-state index is 12.0. The molecule has 108 valence electrons. The van der Waals surface area contributed by atoms with Crippen molar-refractivity contribution in [1.29, 1.82) is 0 Å². The smallest absolute Gasteiger partial charge is 0.295 e. The summed E-state index contributed by atoms with van der Waals surface area (Å²) in [5, 5.41) is 0. The van der Waals surface area contributed by atoms with Crippen LogP contribution >= 0.6 is 15.9 Å². The first kappa shape index (κ1) is 13.9. The summed E-state index contributed by atoms with van der Waals surface area (Å²) in [6.45, 7) is 2.35. The van der Waals surface area contributed by atoms with E-state index < -0.39 is 0 Å². The van der Waals surface area contributed by atoms with E-state index in [0.29, 0.717) is 10.7 Å². The summed E-state index contributed by atoms with van der Waals surface area (Å²) >= 11 is 3.89. The molecule has 4 heteroatoms. The zero-order chi connectivity index (χ0) is 14.4. The Morgan fingerprint density at radius 2 is 1.90 bits per heavy atom. The van der Waals surface area contributed by atoms with Crippen LogP contribution in [0.5, 0.6) is 0 Å². The number of aryl methyl sites for hydroxylation is 2. The molecule has 3 rings (SSSR count). The topological polar surface area (TPSA) is 26.9 Å². The fourth-order valence-corrected chi connectivity index (χ4v) is 4.62. The van der Waals surface area contributed by atoms with Crippen LogP contribution in [0.3, 0.4) is 0 Å². The van der Waals surface area contributed by atoms with Gasteiger partial charge in [0.25, 0.3) is 0 Å². The van der Waals surface area contributed by atoms with Gasteiger partial charge in [-0.15, -0.1) is 0 Å². The molecule has 2 aromatic rings. The third kappa shape index (κ3) is 2.05. The van der Waals surface area contributed by atoms with Gasteiger partial charge in [0.2, 0.25) is 0 Å². The lowest BCUT2D eigenvalue weighted by atomic mass is 9.91. The molecule has 0 amide bonds. The predicted molar refractivity (Wildman–Crippen MR) is 86.3 cm³/mol. The maximum atomic E-state index is 12.0. The Kier molecular flexibility index (Phi) is 3.53. The zero-order valence-corrected chi connectivity index (χ0v) is 13.9. The highest BCUT2D eigenvalue weighted by Crippen LogP contribution is 2.44. The summed E-state index contributed by atoms with van der Waals surface area (Å²) < 4.78 is 3.44. The van der Waals surface area contributed by atoms with Crippen molar-refractivity contribution in [3.8, 4) is 0 Å². The molecule has 1 heterocycles. The molecule has 1 aromatic carbocycles. The van der Waals surface area contributed by atoms with Gasteiger partial charge in [-0.2, -0.15) is 0 Å². The Labute approximate surface area is 127 Å². The van der Waals surface area contributed by atoms with E-state index in [1.807, 2.05) is 14.1 Å². The normalized spacial score (nSPS) is 24.4. The van der Waals surface area contributed by atoms with Crippen LogP contribution in [-0.4, -0.2) is 9.13 Å². The highest BCUT2D eigenvalue weighted by Gasteiger charge is 2.30. The molecule has 0 N–H and O–H groups in total. The van der Waals surface area contributed by atoms with Gasteiger partial charge in [0, 0.05) is 18.9 Å². The Bertz CT molecular complexity index is 700. The van der Waals surface area contributed by atoms with Crippen LogP contribution in [0, 0.1) is 11.8 Å². The highest BCUT2D eigenvalue weighted by molar-refractivity contribution is 9.09. The summed E-state index contributed by atoms with van der Waals surface area (Å²) in [4.78, 5) is 12.4. The molecule has 20 heavy (non-hydrogen) atoms. The molecule has 0 spiro atoms. The van der Waals surface area contributed by atoms with E-state index in [-0.39, 0.29) is 5.69 Å². The van der Waals surface area contributed by atoms with Crippen LogP contribution in [0.15, 0.2) is 23.0 Å². The third-order valence-electron chi connectivity index (χ3n) is 4.92. The second kappa shape index (κ2) is 5.06. The van der Waals surface area contributed by atoms with Crippen molar-refractivity contribution >= 4 is 27.0 Å². The van der Waals surface area contributed by atoms with Crippen molar-refractivity contribution in [2.75, 3.05) is 0 Å².